The highest BCUT2D eigenvalue weighted by Crippen LogP contribution is 2.47. The zero-order valence-electron chi connectivity index (χ0n) is 13.2. The summed E-state index contributed by atoms with van der Waals surface area (Å²) in [7, 11) is 1.27. The van der Waals surface area contributed by atoms with Crippen molar-refractivity contribution in [3.05, 3.63) is 42.0 Å². The first-order chi connectivity index (χ1) is 11.4. The van der Waals surface area contributed by atoms with E-state index in [1.807, 2.05) is 0 Å². The fraction of sp³-hybridized carbons (Fsp3) is 0.353. The molecule has 4 atom stereocenters. The van der Waals surface area contributed by atoms with Gasteiger partial charge in [0.15, 0.2) is 0 Å². The van der Waals surface area contributed by atoms with Crippen LogP contribution in [0.3, 0.4) is 0 Å². The SMILES string of the molecule is COC(=O)c1cccc(NC(=O)[C@@H]2[C@@H](C(=O)O)[C@H]3C=C[C@@]2(C)O3)c1. The predicted octanol–water partition coefficient (Wildman–Crippen LogP) is 1.46. The topological polar surface area (TPSA) is 102 Å². The third kappa shape index (κ3) is 2.56. The molecule has 2 bridgehead atoms. The Balaban J connectivity index is 1.83. The number of amides is 1. The van der Waals surface area contributed by atoms with Gasteiger partial charge < -0.3 is 19.9 Å². The number of carbonyl (C=O) groups is 3. The van der Waals surface area contributed by atoms with E-state index >= 15 is 0 Å². The lowest BCUT2D eigenvalue weighted by Crippen LogP contribution is -2.44. The highest BCUT2D eigenvalue weighted by atomic mass is 16.5. The molecule has 1 saturated heterocycles. The maximum atomic E-state index is 12.7. The van der Waals surface area contributed by atoms with E-state index in [-0.39, 0.29) is 0 Å². The summed E-state index contributed by atoms with van der Waals surface area (Å²) in [4.78, 5) is 35.8. The molecule has 0 saturated carbocycles. The van der Waals surface area contributed by atoms with E-state index in [1.54, 1.807) is 37.3 Å². The van der Waals surface area contributed by atoms with E-state index < -0.39 is 41.4 Å². The van der Waals surface area contributed by atoms with Crippen molar-refractivity contribution < 1.29 is 29.0 Å². The van der Waals surface area contributed by atoms with Crippen molar-refractivity contribution in [1.29, 1.82) is 0 Å². The molecule has 126 valence electrons. The minimum Gasteiger partial charge on any atom is -0.481 e. The van der Waals surface area contributed by atoms with E-state index in [9.17, 15) is 19.5 Å². The second-order valence-corrected chi connectivity index (χ2v) is 6.03. The lowest BCUT2D eigenvalue weighted by molar-refractivity contribution is -0.146. The zero-order valence-corrected chi connectivity index (χ0v) is 13.2. The number of nitrogens with one attached hydrogen (secondary N) is 1. The third-order valence-corrected chi connectivity index (χ3v) is 4.46. The number of aliphatic carboxylic acids is 1. The molecule has 0 aliphatic carbocycles. The Bertz CT molecular complexity index is 742. The summed E-state index contributed by atoms with van der Waals surface area (Å²) in [5, 5.41) is 12.1. The summed E-state index contributed by atoms with van der Waals surface area (Å²) in [6.07, 6.45) is 2.80. The Kier molecular flexibility index (Phi) is 3.88. The van der Waals surface area contributed by atoms with Crippen molar-refractivity contribution in [2.24, 2.45) is 11.8 Å². The Morgan fingerprint density at radius 3 is 2.75 bits per heavy atom. The second-order valence-electron chi connectivity index (χ2n) is 6.03. The maximum absolute atomic E-state index is 12.7. The molecule has 7 nitrogen and oxygen atoms in total. The molecule has 1 amide bonds. The smallest absolute Gasteiger partial charge is 0.337 e. The van der Waals surface area contributed by atoms with Gasteiger partial charge in [0.05, 0.1) is 30.3 Å². The van der Waals surface area contributed by atoms with E-state index in [1.165, 1.54) is 13.2 Å². The van der Waals surface area contributed by atoms with Crippen molar-refractivity contribution >= 4 is 23.5 Å². The molecule has 1 fully saturated rings. The van der Waals surface area contributed by atoms with Crippen LogP contribution in [0.2, 0.25) is 0 Å². The maximum Gasteiger partial charge on any atom is 0.337 e. The van der Waals surface area contributed by atoms with E-state index in [0.29, 0.717) is 11.3 Å². The van der Waals surface area contributed by atoms with Crippen LogP contribution in [0.5, 0.6) is 0 Å². The fourth-order valence-electron chi connectivity index (χ4n) is 3.34. The molecule has 24 heavy (non-hydrogen) atoms. The number of carbonyl (C=O) groups excluding carboxylic acids is 2. The Hall–Kier alpha value is -2.67. The lowest BCUT2D eigenvalue weighted by atomic mass is 9.75. The van der Waals surface area contributed by atoms with Crippen LogP contribution in [0.4, 0.5) is 5.69 Å². The first kappa shape index (κ1) is 16.2. The Morgan fingerprint density at radius 2 is 2.08 bits per heavy atom. The number of anilines is 1. The molecule has 7 heteroatoms. The number of hydrogen-bond acceptors (Lipinski definition) is 5. The number of rotatable bonds is 4. The van der Waals surface area contributed by atoms with Crippen LogP contribution in [0.25, 0.3) is 0 Å². The number of methoxy groups -OCH3 is 1. The third-order valence-electron chi connectivity index (χ3n) is 4.46. The number of fused-ring (bicyclic) bond motifs is 2. The van der Waals surface area contributed by atoms with Crippen LogP contribution < -0.4 is 5.32 Å². The van der Waals surface area contributed by atoms with Crippen LogP contribution in [0.1, 0.15) is 17.3 Å². The zero-order chi connectivity index (χ0) is 17.5. The molecule has 3 rings (SSSR count). The number of carboxylic acids is 1. The van der Waals surface area contributed by atoms with Gasteiger partial charge >= 0.3 is 11.9 Å². The molecule has 0 spiro atoms. The van der Waals surface area contributed by atoms with E-state index in [4.69, 9.17) is 4.74 Å². The average molecular weight is 331 g/mol. The summed E-state index contributed by atoms with van der Waals surface area (Å²) in [5.74, 6) is -3.85. The predicted molar refractivity (Wildman–Crippen MR) is 83.4 cm³/mol. The number of hydrogen-bond donors (Lipinski definition) is 2. The summed E-state index contributed by atoms with van der Waals surface area (Å²) >= 11 is 0. The summed E-state index contributed by atoms with van der Waals surface area (Å²) < 4.78 is 10.3. The van der Waals surface area contributed by atoms with Gasteiger partial charge in [-0.3, -0.25) is 9.59 Å². The Labute approximate surface area is 138 Å². The van der Waals surface area contributed by atoms with Gasteiger partial charge in [-0.25, -0.2) is 4.79 Å². The molecule has 1 aromatic carbocycles. The van der Waals surface area contributed by atoms with Gasteiger partial charge in [0.1, 0.15) is 5.92 Å². The van der Waals surface area contributed by atoms with Crippen molar-refractivity contribution in [2.75, 3.05) is 12.4 Å². The summed E-state index contributed by atoms with van der Waals surface area (Å²) in [6.45, 7) is 1.70. The molecule has 2 heterocycles. The van der Waals surface area contributed by atoms with Crippen LogP contribution in [-0.2, 0) is 19.1 Å². The Morgan fingerprint density at radius 1 is 1.33 bits per heavy atom. The first-order valence-corrected chi connectivity index (χ1v) is 7.45. The molecular formula is C17H17NO6. The molecular weight excluding hydrogens is 314 g/mol. The largest absolute Gasteiger partial charge is 0.481 e. The van der Waals surface area contributed by atoms with Gasteiger partial charge in [-0.15, -0.1) is 0 Å². The van der Waals surface area contributed by atoms with Crippen molar-refractivity contribution in [3.63, 3.8) is 0 Å². The monoisotopic (exact) mass is 331 g/mol. The number of ether oxygens (including phenoxy) is 2. The van der Waals surface area contributed by atoms with Crippen LogP contribution in [0, 0.1) is 11.8 Å². The molecule has 2 aliphatic rings. The number of benzene rings is 1. The minimum absolute atomic E-state index is 0.292. The van der Waals surface area contributed by atoms with Crippen LogP contribution >= 0.6 is 0 Å². The van der Waals surface area contributed by atoms with Gasteiger partial charge in [0.2, 0.25) is 5.91 Å². The van der Waals surface area contributed by atoms with Gasteiger partial charge in [-0.2, -0.15) is 0 Å². The van der Waals surface area contributed by atoms with Gasteiger partial charge in [-0.1, -0.05) is 18.2 Å². The van der Waals surface area contributed by atoms with E-state index in [0.717, 1.165) is 0 Å². The second kappa shape index (κ2) is 5.76. The minimum atomic E-state index is -1.07. The van der Waals surface area contributed by atoms with Crippen molar-refractivity contribution in [2.45, 2.75) is 18.6 Å². The normalized spacial score (nSPS) is 30.2. The molecule has 0 aromatic heterocycles. The average Bonchev–Trinajstić information content (AvgIpc) is 3.07. The standard InChI is InChI=1S/C17H17NO6/c1-17-7-6-11(24-17)12(15(20)21)13(17)14(19)18-10-5-3-4-9(8-10)16(22)23-2/h3-8,11-13H,1-2H3,(H,18,19)(H,20,21)/t11-,12+,13+,17-/m1/s1. The first-order valence-electron chi connectivity index (χ1n) is 7.45. The van der Waals surface area contributed by atoms with Crippen molar-refractivity contribution in [3.8, 4) is 0 Å². The fourth-order valence-corrected chi connectivity index (χ4v) is 3.34. The van der Waals surface area contributed by atoms with Crippen LogP contribution in [-0.4, -0.2) is 41.8 Å². The van der Waals surface area contributed by atoms with Crippen molar-refractivity contribution in [1.82, 2.24) is 0 Å². The van der Waals surface area contributed by atoms with Gasteiger partial charge in [0, 0.05) is 5.69 Å². The molecule has 1 aromatic rings. The molecule has 0 unspecified atom stereocenters. The summed E-state index contributed by atoms with van der Waals surface area (Å²) in [5.41, 5.74) is -0.264. The lowest BCUT2D eigenvalue weighted by Gasteiger charge is -2.27. The number of esters is 1. The van der Waals surface area contributed by atoms with E-state index in [2.05, 4.69) is 10.1 Å². The molecule has 2 N–H and O–H groups in total. The molecule has 0 radical (unpaired) electrons. The highest BCUT2D eigenvalue weighted by molar-refractivity contribution is 5.98. The summed E-state index contributed by atoms with van der Waals surface area (Å²) in [6, 6.07) is 6.26. The number of carboxylic acid groups (broad SMARTS) is 1. The van der Waals surface area contributed by atoms with Gasteiger partial charge in [0.25, 0.3) is 0 Å². The molecule has 2 aliphatic heterocycles. The quantitative estimate of drug-likeness (QED) is 0.640. The van der Waals surface area contributed by atoms with Crippen LogP contribution in [0.15, 0.2) is 36.4 Å². The van der Waals surface area contributed by atoms with Gasteiger partial charge in [-0.05, 0) is 25.1 Å². The highest BCUT2D eigenvalue weighted by Gasteiger charge is 2.59.